The molecule has 78 valence electrons. The second-order valence-electron chi connectivity index (χ2n) is 3.56. The Morgan fingerprint density at radius 1 is 1.13 bits per heavy atom. The van der Waals surface area contributed by atoms with Gasteiger partial charge in [-0.1, -0.05) is 19.1 Å². The SMILES string of the molecule is CCc1ccc2c(c1)C(=O)C(O)(O)C2=O. The number of fused-ring (bicyclic) bond motifs is 1. The van der Waals surface area contributed by atoms with Gasteiger partial charge in [-0.25, -0.2) is 0 Å². The van der Waals surface area contributed by atoms with E-state index in [9.17, 15) is 19.8 Å². The molecule has 0 heterocycles. The van der Waals surface area contributed by atoms with Crippen LogP contribution in [0.15, 0.2) is 18.2 Å². The molecule has 15 heavy (non-hydrogen) atoms. The van der Waals surface area contributed by atoms with Crippen molar-refractivity contribution in [3.05, 3.63) is 34.9 Å². The van der Waals surface area contributed by atoms with Gasteiger partial charge in [-0.2, -0.15) is 0 Å². The van der Waals surface area contributed by atoms with Crippen LogP contribution in [0.4, 0.5) is 0 Å². The number of ketones is 2. The molecule has 1 aromatic rings. The smallest absolute Gasteiger partial charge is 0.295 e. The molecule has 1 aromatic carbocycles. The maximum Gasteiger partial charge on any atom is 0.295 e. The van der Waals surface area contributed by atoms with Gasteiger partial charge in [0.25, 0.3) is 5.79 Å². The highest BCUT2D eigenvalue weighted by Gasteiger charge is 2.50. The van der Waals surface area contributed by atoms with Crippen LogP contribution in [0.2, 0.25) is 0 Å². The van der Waals surface area contributed by atoms with E-state index in [4.69, 9.17) is 0 Å². The maximum atomic E-state index is 11.5. The number of carbonyl (C=O) groups excluding carboxylic acids is 2. The molecule has 0 spiro atoms. The molecular weight excluding hydrogens is 196 g/mol. The van der Waals surface area contributed by atoms with Crippen molar-refractivity contribution in [2.45, 2.75) is 19.1 Å². The highest BCUT2D eigenvalue weighted by molar-refractivity contribution is 6.30. The number of rotatable bonds is 1. The quantitative estimate of drug-likeness (QED) is 0.512. The lowest BCUT2D eigenvalue weighted by molar-refractivity contribution is -0.0857. The number of aryl methyl sites for hydroxylation is 1. The summed E-state index contributed by atoms with van der Waals surface area (Å²) in [6.07, 6.45) is 0.721. The predicted molar refractivity (Wildman–Crippen MR) is 51.6 cm³/mol. The number of aliphatic hydroxyl groups is 2. The molecule has 0 fully saturated rings. The Hall–Kier alpha value is -1.52. The first-order chi connectivity index (χ1) is 6.98. The van der Waals surface area contributed by atoms with Crippen molar-refractivity contribution < 1.29 is 19.8 Å². The molecule has 0 atom stereocenters. The van der Waals surface area contributed by atoms with Gasteiger partial charge in [0, 0.05) is 11.1 Å². The molecule has 0 unspecified atom stereocenters. The molecule has 2 N–H and O–H groups in total. The Balaban J connectivity index is 2.63. The van der Waals surface area contributed by atoms with Crippen molar-refractivity contribution in [1.29, 1.82) is 0 Å². The van der Waals surface area contributed by atoms with Crippen LogP contribution < -0.4 is 0 Å². The van der Waals surface area contributed by atoms with E-state index in [-0.39, 0.29) is 11.1 Å². The van der Waals surface area contributed by atoms with Crippen molar-refractivity contribution in [2.24, 2.45) is 0 Å². The van der Waals surface area contributed by atoms with Crippen LogP contribution >= 0.6 is 0 Å². The lowest BCUT2D eigenvalue weighted by Crippen LogP contribution is -2.40. The Morgan fingerprint density at radius 3 is 2.33 bits per heavy atom. The van der Waals surface area contributed by atoms with Gasteiger partial charge in [-0.15, -0.1) is 0 Å². The van der Waals surface area contributed by atoms with Crippen molar-refractivity contribution >= 4 is 11.6 Å². The van der Waals surface area contributed by atoms with Crippen molar-refractivity contribution in [3.63, 3.8) is 0 Å². The highest BCUT2D eigenvalue weighted by Crippen LogP contribution is 2.29. The molecule has 0 aliphatic heterocycles. The van der Waals surface area contributed by atoms with Crippen LogP contribution in [0, 0.1) is 0 Å². The minimum atomic E-state index is -2.87. The summed E-state index contributed by atoms with van der Waals surface area (Å²) in [5.74, 6) is -4.74. The minimum Gasteiger partial charge on any atom is -0.353 e. The first-order valence-corrected chi connectivity index (χ1v) is 4.65. The lowest BCUT2D eigenvalue weighted by atomic mass is 10.0. The Labute approximate surface area is 86.2 Å². The van der Waals surface area contributed by atoms with E-state index in [0.717, 1.165) is 12.0 Å². The average Bonchev–Trinajstić information content (AvgIpc) is 2.40. The van der Waals surface area contributed by atoms with E-state index >= 15 is 0 Å². The molecule has 0 bridgehead atoms. The van der Waals surface area contributed by atoms with Gasteiger partial charge in [-0.05, 0) is 18.1 Å². The summed E-state index contributed by atoms with van der Waals surface area (Å²) in [5.41, 5.74) is 1.07. The first-order valence-electron chi connectivity index (χ1n) is 4.65. The number of hydrogen-bond acceptors (Lipinski definition) is 4. The molecule has 0 amide bonds. The Morgan fingerprint density at radius 2 is 1.73 bits per heavy atom. The minimum absolute atomic E-state index is 0.0854. The second kappa shape index (κ2) is 2.98. The Bertz CT molecular complexity index is 460. The summed E-state index contributed by atoms with van der Waals surface area (Å²) in [6, 6.07) is 4.69. The van der Waals surface area contributed by atoms with Gasteiger partial charge in [0.15, 0.2) is 0 Å². The molecule has 0 saturated carbocycles. The average molecular weight is 206 g/mol. The summed E-state index contributed by atoms with van der Waals surface area (Å²) in [5, 5.41) is 18.5. The predicted octanol–water partition coefficient (Wildman–Crippen LogP) is 0.309. The fourth-order valence-corrected chi connectivity index (χ4v) is 1.68. The zero-order chi connectivity index (χ0) is 11.2. The Kier molecular flexibility index (Phi) is 1.99. The molecule has 4 nitrogen and oxygen atoms in total. The largest absolute Gasteiger partial charge is 0.353 e. The van der Waals surface area contributed by atoms with Crippen molar-refractivity contribution in [1.82, 2.24) is 0 Å². The summed E-state index contributed by atoms with van der Waals surface area (Å²) in [6.45, 7) is 1.91. The van der Waals surface area contributed by atoms with Crippen molar-refractivity contribution in [3.8, 4) is 0 Å². The third kappa shape index (κ3) is 1.22. The van der Waals surface area contributed by atoms with Crippen LogP contribution in [0.3, 0.4) is 0 Å². The van der Waals surface area contributed by atoms with Crippen LogP contribution in [-0.2, 0) is 6.42 Å². The van der Waals surface area contributed by atoms with E-state index < -0.39 is 17.4 Å². The van der Waals surface area contributed by atoms with Crippen LogP contribution in [0.1, 0.15) is 33.2 Å². The fraction of sp³-hybridized carbons (Fsp3) is 0.273. The van der Waals surface area contributed by atoms with E-state index in [0.29, 0.717) is 0 Å². The second-order valence-corrected chi connectivity index (χ2v) is 3.56. The molecular formula is C11H10O4. The van der Waals surface area contributed by atoms with Gasteiger partial charge in [0.05, 0.1) is 0 Å². The number of benzene rings is 1. The van der Waals surface area contributed by atoms with Gasteiger partial charge < -0.3 is 10.2 Å². The molecule has 0 radical (unpaired) electrons. The summed E-state index contributed by atoms with van der Waals surface area (Å²) in [7, 11) is 0. The molecule has 1 aliphatic rings. The van der Waals surface area contributed by atoms with Gasteiger partial charge in [0.2, 0.25) is 11.6 Å². The fourth-order valence-electron chi connectivity index (χ4n) is 1.68. The maximum absolute atomic E-state index is 11.5. The van der Waals surface area contributed by atoms with E-state index in [1.807, 2.05) is 6.92 Å². The normalized spacial score (nSPS) is 18.1. The van der Waals surface area contributed by atoms with Crippen LogP contribution in [0.25, 0.3) is 0 Å². The van der Waals surface area contributed by atoms with Gasteiger partial charge >= 0.3 is 0 Å². The molecule has 0 aromatic heterocycles. The van der Waals surface area contributed by atoms with Gasteiger partial charge in [-0.3, -0.25) is 9.59 Å². The number of carbonyl (C=O) groups is 2. The number of hydrogen-bond donors (Lipinski definition) is 2. The molecule has 4 heteroatoms. The van der Waals surface area contributed by atoms with Crippen LogP contribution in [-0.4, -0.2) is 27.6 Å². The van der Waals surface area contributed by atoms with E-state index in [2.05, 4.69) is 0 Å². The lowest BCUT2D eigenvalue weighted by Gasteiger charge is -2.08. The summed E-state index contributed by atoms with van der Waals surface area (Å²) < 4.78 is 0. The third-order valence-electron chi connectivity index (χ3n) is 2.61. The summed E-state index contributed by atoms with van der Waals surface area (Å²) >= 11 is 0. The standard InChI is InChI=1S/C11H10O4/c1-2-6-3-4-7-8(5-6)10(13)11(14,15)9(7)12/h3-5,14-15H,2H2,1H3. The zero-order valence-corrected chi connectivity index (χ0v) is 8.15. The highest BCUT2D eigenvalue weighted by atomic mass is 16.5. The number of Topliss-reactive ketones (excluding diaryl/α,β-unsaturated/α-hetero) is 2. The monoisotopic (exact) mass is 206 g/mol. The van der Waals surface area contributed by atoms with E-state index in [1.54, 1.807) is 6.07 Å². The third-order valence-corrected chi connectivity index (χ3v) is 2.61. The topological polar surface area (TPSA) is 74.6 Å². The van der Waals surface area contributed by atoms with Gasteiger partial charge in [0.1, 0.15) is 0 Å². The molecule has 0 saturated heterocycles. The zero-order valence-electron chi connectivity index (χ0n) is 8.15. The molecule has 2 rings (SSSR count). The molecule has 1 aliphatic carbocycles. The van der Waals surface area contributed by atoms with Crippen molar-refractivity contribution in [2.75, 3.05) is 0 Å². The summed E-state index contributed by atoms with van der Waals surface area (Å²) in [4.78, 5) is 22.9. The van der Waals surface area contributed by atoms with E-state index in [1.165, 1.54) is 12.1 Å². The first kappa shape index (κ1) is 10.0. The van der Waals surface area contributed by atoms with Crippen LogP contribution in [0.5, 0.6) is 0 Å².